The van der Waals surface area contributed by atoms with Crippen LogP contribution < -0.4 is 0 Å². The van der Waals surface area contributed by atoms with Crippen LogP contribution >= 0.6 is 0 Å². The quantitative estimate of drug-likeness (QED) is 0.454. The van der Waals surface area contributed by atoms with Crippen molar-refractivity contribution >= 4 is 0 Å². The van der Waals surface area contributed by atoms with Crippen LogP contribution in [0, 0.1) is 46.3 Å². The maximum atomic E-state index is 6.92. The van der Waals surface area contributed by atoms with Gasteiger partial charge < -0.3 is 14.2 Å². The van der Waals surface area contributed by atoms with Crippen molar-refractivity contribution in [1.29, 1.82) is 0 Å². The SMILES string of the molecule is CO[C@H]1CC[C@@]2(C)C(=CC[C@H]3[C@@H]4C[C@@H]5O[C@@]6(CC[C@H](C)CO6)[C@@H](C)[C@@H]5[C@@]4(C)CC[C@@H]32)C1. The van der Waals surface area contributed by atoms with Crippen LogP contribution in [0.4, 0.5) is 0 Å². The number of hydrogen-bond donors (Lipinski definition) is 0. The van der Waals surface area contributed by atoms with E-state index in [-0.39, 0.29) is 5.79 Å². The summed E-state index contributed by atoms with van der Waals surface area (Å²) < 4.78 is 19.2. The predicted octanol–water partition coefficient (Wildman–Crippen LogP) is 6.37. The minimum atomic E-state index is -0.281. The average molecular weight is 429 g/mol. The van der Waals surface area contributed by atoms with Crippen molar-refractivity contribution in [3.63, 3.8) is 0 Å². The first-order chi connectivity index (χ1) is 14.8. The van der Waals surface area contributed by atoms with Crippen LogP contribution in [0.1, 0.15) is 85.5 Å². The lowest BCUT2D eigenvalue weighted by Crippen LogP contribution is -2.52. The van der Waals surface area contributed by atoms with Gasteiger partial charge in [0.1, 0.15) is 0 Å². The van der Waals surface area contributed by atoms with Crippen molar-refractivity contribution in [1.82, 2.24) is 0 Å². The molecule has 2 heterocycles. The maximum absolute atomic E-state index is 6.92. The highest BCUT2D eigenvalue weighted by atomic mass is 16.7. The summed E-state index contributed by atoms with van der Waals surface area (Å²) in [6.45, 7) is 10.9. The van der Waals surface area contributed by atoms with Gasteiger partial charge in [-0.25, -0.2) is 0 Å². The van der Waals surface area contributed by atoms with Crippen LogP contribution in [0.5, 0.6) is 0 Å². The van der Waals surface area contributed by atoms with Crippen LogP contribution in [0.2, 0.25) is 0 Å². The second-order valence-electron chi connectivity index (χ2n) is 12.9. The smallest absolute Gasteiger partial charge is 0.171 e. The summed E-state index contributed by atoms with van der Waals surface area (Å²) in [5.74, 6) is 4.12. The van der Waals surface area contributed by atoms with E-state index in [0.717, 1.165) is 30.8 Å². The van der Waals surface area contributed by atoms with Gasteiger partial charge in [0.05, 0.1) is 18.8 Å². The summed E-state index contributed by atoms with van der Waals surface area (Å²) in [6, 6.07) is 0. The maximum Gasteiger partial charge on any atom is 0.171 e. The molecule has 174 valence electrons. The van der Waals surface area contributed by atoms with Gasteiger partial charge in [0.2, 0.25) is 0 Å². The Kier molecular flexibility index (Phi) is 4.82. The fourth-order valence-corrected chi connectivity index (χ4v) is 9.85. The van der Waals surface area contributed by atoms with Crippen molar-refractivity contribution < 1.29 is 14.2 Å². The molecule has 0 unspecified atom stereocenters. The van der Waals surface area contributed by atoms with Crippen molar-refractivity contribution in [3.8, 4) is 0 Å². The van der Waals surface area contributed by atoms with Crippen molar-refractivity contribution in [2.24, 2.45) is 46.3 Å². The molecule has 0 aromatic carbocycles. The van der Waals surface area contributed by atoms with Crippen LogP contribution in [-0.2, 0) is 14.2 Å². The fourth-order valence-electron chi connectivity index (χ4n) is 9.85. The lowest BCUT2D eigenvalue weighted by molar-refractivity contribution is -0.272. The second kappa shape index (κ2) is 7.06. The molecule has 3 heteroatoms. The number of methoxy groups -OCH3 is 1. The highest BCUT2D eigenvalue weighted by molar-refractivity contribution is 5.26. The Morgan fingerprint density at radius 1 is 1.03 bits per heavy atom. The Hall–Kier alpha value is -0.380. The van der Waals surface area contributed by atoms with Crippen molar-refractivity contribution in [2.45, 2.75) is 103 Å². The molecule has 0 bridgehead atoms. The zero-order chi connectivity index (χ0) is 21.6. The molecule has 0 N–H and O–H groups in total. The van der Waals surface area contributed by atoms with E-state index < -0.39 is 0 Å². The van der Waals surface area contributed by atoms with Crippen LogP contribution in [0.3, 0.4) is 0 Å². The Balaban J connectivity index is 1.27. The van der Waals surface area contributed by atoms with E-state index in [4.69, 9.17) is 14.2 Å². The van der Waals surface area contributed by atoms with E-state index in [1.165, 1.54) is 51.4 Å². The molecule has 5 fully saturated rings. The lowest BCUT2D eigenvalue weighted by Gasteiger charge is -2.58. The molecule has 4 aliphatic carbocycles. The number of hydrogen-bond acceptors (Lipinski definition) is 3. The number of ether oxygens (including phenoxy) is 3. The number of allylic oxidation sites excluding steroid dienone is 1. The molecule has 3 saturated carbocycles. The van der Waals surface area contributed by atoms with Gasteiger partial charge in [0.25, 0.3) is 0 Å². The highest BCUT2D eigenvalue weighted by Crippen LogP contribution is 2.70. The summed E-state index contributed by atoms with van der Waals surface area (Å²) >= 11 is 0. The summed E-state index contributed by atoms with van der Waals surface area (Å²) in [7, 11) is 1.90. The topological polar surface area (TPSA) is 27.7 Å². The van der Waals surface area contributed by atoms with Crippen LogP contribution in [-0.4, -0.2) is 31.7 Å². The third kappa shape index (κ3) is 2.81. The number of rotatable bonds is 1. The molecule has 6 aliphatic rings. The third-order valence-corrected chi connectivity index (χ3v) is 11.7. The normalized spacial score (nSPS) is 58.3. The van der Waals surface area contributed by atoms with E-state index in [1.54, 1.807) is 5.57 Å². The van der Waals surface area contributed by atoms with E-state index >= 15 is 0 Å². The van der Waals surface area contributed by atoms with Gasteiger partial charge in [-0.1, -0.05) is 39.3 Å². The summed E-state index contributed by atoms with van der Waals surface area (Å²) in [5.41, 5.74) is 2.56. The molecule has 31 heavy (non-hydrogen) atoms. The summed E-state index contributed by atoms with van der Waals surface area (Å²) in [6.07, 6.45) is 14.9. The van der Waals surface area contributed by atoms with Gasteiger partial charge in [-0.05, 0) is 91.8 Å². The zero-order valence-corrected chi connectivity index (χ0v) is 20.5. The van der Waals surface area contributed by atoms with Gasteiger partial charge >= 0.3 is 0 Å². The largest absolute Gasteiger partial charge is 0.381 e. The molecule has 0 aromatic rings. The summed E-state index contributed by atoms with van der Waals surface area (Å²) in [5, 5.41) is 0. The van der Waals surface area contributed by atoms with Crippen molar-refractivity contribution in [2.75, 3.05) is 13.7 Å². The highest BCUT2D eigenvalue weighted by Gasteiger charge is 2.68. The molecule has 0 radical (unpaired) electrons. The Morgan fingerprint density at radius 2 is 1.87 bits per heavy atom. The van der Waals surface area contributed by atoms with E-state index in [1.807, 2.05) is 7.11 Å². The molecule has 6 rings (SSSR count). The van der Waals surface area contributed by atoms with Gasteiger partial charge in [-0.3, -0.25) is 0 Å². The van der Waals surface area contributed by atoms with Gasteiger partial charge in [-0.15, -0.1) is 0 Å². The average Bonchev–Trinajstić information content (AvgIpc) is 3.20. The van der Waals surface area contributed by atoms with Crippen molar-refractivity contribution in [3.05, 3.63) is 11.6 Å². The number of fused-ring (bicyclic) bond motifs is 7. The Bertz CT molecular complexity index is 751. The monoisotopic (exact) mass is 428 g/mol. The molecule has 2 aliphatic heterocycles. The first-order valence-electron chi connectivity index (χ1n) is 13.3. The van der Waals surface area contributed by atoms with E-state index in [0.29, 0.717) is 40.8 Å². The second-order valence-corrected chi connectivity index (χ2v) is 12.9. The van der Waals surface area contributed by atoms with E-state index in [9.17, 15) is 0 Å². The molecule has 0 amide bonds. The molecule has 1 spiro atoms. The standard InChI is InChI=1S/C28H44O3/c1-17-8-13-28(30-16-17)18(2)25-24(31-28)15-23-21-7-6-19-14-20(29-5)9-11-26(19,3)22(21)10-12-27(23,25)4/h6,17-18,20-25H,7-16H2,1-5H3/t17-,18-,20-,21+,22-,23-,24-,25-,26-,27-,28-/m0/s1. The molecule has 0 aromatic heterocycles. The predicted molar refractivity (Wildman–Crippen MR) is 122 cm³/mol. The zero-order valence-electron chi connectivity index (χ0n) is 20.5. The van der Waals surface area contributed by atoms with Crippen LogP contribution in [0.15, 0.2) is 11.6 Å². The molecule has 11 atom stereocenters. The summed E-state index contributed by atoms with van der Waals surface area (Å²) in [4.78, 5) is 0. The first kappa shape index (κ1) is 21.2. The molecule has 2 saturated heterocycles. The van der Waals surface area contributed by atoms with Gasteiger partial charge in [-0.2, -0.15) is 0 Å². The molecule has 3 nitrogen and oxygen atoms in total. The lowest BCUT2D eigenvalue weighted by atomic mass is 9.47. The molecular formula is C28H44O3. The molecular weight excluding hydrogens is 384 g/mol. The van der Waals surface area contributed by atoms with Gasteiger partial charge in [0, 0.05) is 19.4 Å². The Morgan fingerprint density at radius 3 is 2.61 bits per heavy atom. The third-order valence-electron chi connectivity index (χ3n) is 11.7. The Labute approximate surface area is 189 Å². The van der Waals surface area contributed by atoms with Gasteiger partial charge in [0.15, 0.2) is 5.79 Å². The minimum absolute atomic E-state index is 0.281. The van der Waals surface area contributed by atoms with Crippen LogP contribution in [0.25, 0.3) is 0 Å². The first-order valence-corrected chi connectivity index (χ1v) is 13.3. The van der Waals surface area contributed by atoms with E-state index in [2.05, 4.69) is 33.8 Å². The minimum Gasteiger partial charge on any atom is -0.381 e. The fraction of sp³-hybridized carbons (Fsp3) is 0.929.